The van der Waals surface area contributed by atoms with Gasteiger partial charge < -0.3 is 40.3 Å². The number of carbonyl (C=O) groups excluding carboxylic acids is 1. The molecule has 1 heterocycles. The van der Waals surface area contributed by atoms with E-state index in [1.165, 1.54) is 193 Å². The molecule has 0 saturated carbocycles. The molecule has 86 heavy (non-hydrogen) atoms. The molecular formula is C77H133NO8. The second-order valence-corrected chi connectivity index (χ2v) is 24.3. The van der Waals surface area contributed by atoms with Crippen LogP contribution < -0.4 is 5.32 Å². The molecule has 0 spiro atoms. The molecule has 0 bridgehead atoms. The Morgan fingerprint density at radius 3 is 1.12 bits per heavy atom. The summed E-state index contributed by atoms with van der Waals surface area (Å²) in [6.07, 6.45) is 90.2. The highest BCUT2D eigenvalue weighted by Crippen LogP contribution is 2.23. The summed E-state index contributed by atoms with van der Waals surface area (Å²) in [5.74, 6) is -0.187. The molecule has 0 aromatic rings. The number of unbranched alkanes of at least 4 members (excludes halogenated alkanes) is 33. The van der Waals surface area contributed by atoms with E-state index in [4.69, 9.17) is 9.47 Å². The van der Waals surface area contributed by atoms with Crippen molar-refractivity contribution in [1.29, 1.82) is 0 Å². The summed E-state index contributed by atoms with van der Waals surface area (Å²) in [5, 5.41) is 54.7. The summed E-state index contributed by atoms with van der Waals surface area (Å²) >= 11 is 0. The predicted molar refractivity (Wildman–Crippen MR) is 368 cm³/mol. The fourth-order valence-electron chi connectivity index (χ4n) is 10.7. The van der Waals surface area contributed by atoms with Crippen LogP contribution in [0.3, 0.4) is 0 Å². The molecule has 9 heteroatoms. The first kappa shape index (κ1) is 80.6. The van der Waals surface area contributed by atoms with Gasteiger partial charge in [0, 0.05) is 6.42 Å². The van der Waals surface area contributed by atoms with Gasteiger partial charge in [0.15, 0.2) is 6.29 Å². The van der Waals surface area contributed by atoms with E-state index in [1.807, 2.05) is 6.08 Å². The first-order chi connectivity index (χ1) is 42.3. The van der Waals surface area contributed by atoms with Gasteiger partial charge in [-0.2, -0.15) is 0 Å². The van der Waals surface area contributed by atoms with Crippen LogP contribution in [0.2, 0.25) is 0 Å². The van der Waals surface area contributed by atoms with E-state index in [9.17, 15) is 30.3 Å². The quantitative estimate of drug-likeness (QED) is 0.0261. The zero-order valence-electron chi connectivity index (χ0n) is 55.3. The predicted octanol–water partition coefficient (Wildman–Crippen LogP) is 19.8. The van der Waals surface area contributed by atoms with Crippen LogP contribution in [0.4, 0.5) is 0 Å². The van der Waals surface area contributed by atoms with Gasteiger partial charge in [-0.1, -0.05) is 322 Å². The van der Waals surface area contributed by atoms with Gasteiger partial charge in [0.1, 0.15) is 24.4 Å². The highest BCUT2D eigenvalue weighted by molar-refractivity contribution is 5.76. The molecule has 1 aliphatic rings. The first-order valence-electron chi connectivity index (χ1n) is 35.8. The van der Waals surface area contributed by atoms with Crippen LogP contribution in [0.15, 0.2) is 122 Å². The molecule has 7 atom stereocenters. The second kappa shape index (κ2) is 64.6. The second-order valence-electron chi connectivity index (χ2n) is 24.3. The fourth-order valence-corrected chi connectivity index (χ4v) is 10.7. The lowest BCUT2D eigenvalue weighted by atomic mass is 9.99. The highest BCUT2D eigenvalue weighted by atomic mass is 16.7. The Kier molecular flexibility index (Phi) is 60.5. The van der Waals surface area contributed by atoms with Gasteiger partial charge in [0.2, 0.25) is 5.91 Å². The van der Waals surface area contributed by atoms with Crippen molar-refractivity contribution >= 4 is 5.91 Å². The van der Waals surface area contributed by atoms with Gasteiger partial charge in [-0.05, 0) is 96.3 Å². The monoisotopic (exact) mass is 1200 g/mol. The number of carbonyl (C=O) groups is 1. The number of rotatable bonds is 61. The average molecular weight is 1200 g/mol. The van der Waals surface area contributed by atoms with Crippen LogP contribution >= 0.6 is 0 Å². The number of hydrogen-bond acceptors (Lipinski definition) is 8. The molecule has 1 saturated heterocycles. The fraction of sp³-hybridized carbons (Fsp3) is 0.727. The van der Waals surface area contributed by atoms with Gasteiger partial charge in [0.25, 0.3) is 0 Å². The van der Waals surface area contributed by atoms with Crippen LogP contribution in [0.5, 0.6) is 0 Å². The molecule has 7 unspecified atom stereocenters. The van der Waals surface area contributed by atoms with Crippen molar-refractivity contribution in [3.63, 3.8) is 0 Å². The maximum atomic E-state index is 13.1. The van der Waals surface area contributed by atoms with Crippen LogP contribution in [-0.4, -0.2) is 87.5 Å². The third kappa shape index (κ3) is 52.5. The van der Waals surface area contributed by atoms with Gasteiger partial charge in [-0.15, -0.1) is 0 Å². The molecular weight excluding hydrogens is 1070 g/mol. The minimum atomic E-state index is -1.58. The molecule has 1 fully saturated rings. The minimum Gasteiger partial charge on any atom is -0.394 e. The number of amides is 1. The largest absolute Gasteiger partial charge is 0.394 e. The number of ether oxygens (including phenoxy) is 2. The SMILES string of the molecule is CC/C=C\C/C=C\C/C=C\C/C=C\C/C=C\C/C=C\C/C=C\C/C=C\CCCCCCCCCCCCCCCCCCC(=O)NC(COC1OC(CO)C(O)C(O)C1O)C(O)/C=C/CC/C=C/CCCCCCCCCCCCCCCCCC. The summed E-state index contributed by atoms with van der Waals surface area (Å²) in [6, 6.07) is -0.829. The Morgan fingerprint density at radius 2 is 0.733 bits per heavy atom. The lowest BCUT2D eigenvalue weighted by molar-refractivity contribution is -0.302. The van der Waals surface area contributed by atoms with Crippen LogP contribution in [0.25, 0.3) is 0 Å². The van der Waals surface area contributed by atoms with Crippen molar-refractivity contribution in [2.45, 2.75) is 346 Å². The number of allylic oxidation sites excluding steroid dienone is 19. The zero-order valence-corrected chi connectivity index (χ0v) is 55.3. The van der Waals surface area contributed by atoms with Crippen molar-refractivity contribution < 1.29 is 39.8 Å². The molecule has 0 aliphatic carbocycles. The highest BCUT2D eigenvalue weighted by Gasteiger charge is 2.44. The molecule has 1 aliphatic heterocycles. The third-order valence-electron chi connectivity index (χ3n) is 16.3. The number of aliphatic hydroxyl groups excluding tert-OH is 5. The van der Waals surface area contributed by atoms with Crippen molar-refractivity contribution in [1.82, 2.24) is 5.32 Å². The summed E-state index contributed by atoms with van der Waals surface area (Å²) in [5.41, 5.74) is 0. The Morgan fingerprint density at radius 1 is 0.407 bits per heavy atom. The van der Waals surface area contributed by atoms with Crippen LogP contribution in [-0.2, 0) is 14.3 Å². The maximum Gasteiger partial charge on any atom is 0.220 e. The third-order valence-corrected chi connectivity index (χ3v) is 16.3. The topological polar surface area (TPSA) is 149 Å². The van der Waals surface area contributed by atoms with E-state index in [1.54, 1.807) is 6.08 Å². The van der Waals surface area contributed by atoms with Gasteiger partial charge >= 0.3 is 0 Å². The minimum absolute atomic E-state index is 0.187. The molecule has 0 aromatic carbocycles. The van der Waals surface area contributed by atoms with Gasteiger partial charge in [-0.25, -0.2) is 0 Å². The van der Waals surface area contributed by atoms with Gasteiger partial charge in [-0.3, -0.25) is 4.79 Å². The average Bonchev–Trinajstić information content (AvgIpc) is 2.36. The van der Waals surface area contributed by atoms with Crippen molar-refractivity contribution in [3.05, 3.63) is 122 Å². The normalized spacial score (nSPS) is 18.8. The van der Waals surface area contributed by atoms with E-state index < -0.39 is 49.5 Å². The van der Waals surface area contributed by atoms with E-state index in [0.29, 0.717) is 6.42 Å². The summed E-state index contributed by atoms with van der Waals surface area (Å²) < 4.78 is 11.3. The van der Waals surface area contributed by atoms with Crippen LogP contribution in [0, 0.1) is 0 Å². The van der Waals surface area contributed by atoms with Gasteiger partial charge in [0.05, 0.1) is 25.4 Å². The molecule has 0 radical (unpaired) electrons. The Balaban J connectivity index is 2.12. The Bertz CT molecular complexity index is 1780. The van der Waals surface area contributed by atoms with Crippen molar-refractivity contribution in [3.8, 4) is 0 Å². The molecule has 0 aromatic heterocycles. The molecule has 6 N–H and O–H groups in total. The van der Waals surface area contributed by atoms with E-state index >= 15 is 0 Å². The smallest absolute Gasteiger partial charge is 0.220 e. The molecule has 1 rings (SSSR count). The lowest BCUT2D eigenvalue weighted by Crippen LogP contribution is -2.60. The van der Waals surface area contributed by atoms with E-state index in [0.717, 1.165) is 89.9 Å². The molecule has 9 nitrogen and oxygen atoms in total. The van der Waals surface area contributed by atoms with E-state index in [-0.39, 0.29) is 12.5 Å². The number of hydrogen-bond donors (Lipinski definition) is 6. The lowest BCUT2D eigenvalue weighted by Gasteiger charge is -2.40. The number of nitrogens with one attached hydrogen (secondary N) is 1. The standard InChI is InChI=1S/C77H133NO8/c1-3-5-7-9-11-13-15-17-19-21-23-25-27-28-29-30-31-32-33-34-35-36-37-38-39-40-41-42-43-44-45-47-49-51-53-55-57-59-61-63-65-67-73(81)78-70(69-85-77-76(84)75(83)74(82)72(68-79)86-77)71(80)66-64-62-60-58-56-54-52-50-48-46-26-24-22-20-18-16-14-12-10-8-6-4-2/h5,7,11,13,17,19,23,25,28-29,31-32,34-35,37-38,56,58,64,66,70-72,74-77,79-80,82-84H,3-4,6,8-10,12,14-16,18,20-22,24,26-27,30,33,36,39-55,57,59-63,65,67-69H2,1-2H3,(H,78,81)/b7-5-,13-11-,19-17-,25-23-,29-28-,32-31-,35-34-,38-37-,58-56+,66-64+. The number of aliphatic hydroxyl groups is 5. The molecule has 494 valence electrons. The van der Waals surface area contributed by atoms with Crippen molar-refractivity contribution in [2.75, 3.05) is 13.2 Å². The Hall–Kier alpha value is -3.41. The van der Waals surface area contributed by atoms with Crippen LogP contribution in [0.1, 0.15) is 303 Å². The van der Waals surface area contributed by atoms with Crippen molar-refractivity contribution in [2.24, 2.45) is 0 Å². The zero-order chi connectivity index (χ0) is 62.1. The van der Waals surface area contributed by atoms with E-state index in [2.05, 4.69) is 129 Å². The Labute approximate surface area is 528 Å². The molecule has 1 amide bonds. The summed E-state index contributed by atoms with van der Waals surface area (Å²) in [7, 11) is 0. The summed E-state index contributed by atoms with van der Waals surface area (Å²) in [6.45, 7) is 3.67. The summed E-state index contributed by atoms with van der Waals surface area (Å²) in [4.78, 5) is 13.1. The maximum absolute atomic E-state index is 13.1. The first-order valence-corrected chi connectivity index (χ1v) is 35.8.